The van der Waals surface area contributed by atoms with Crippen molar-refractivity contribution in [3.05, 3.63) is 48.2 Å². The molecule has 100 valence electrons. The Hall–Kier alpha value is -2.27. The molecular weight excluding hydrogens is 264 g/mol. The molecule has 0 atom stereocenters. The minimum absolute atomic E-state index is 0. The fourth-order valence-corrected chi connectivity index (χ4v) is 1.56. The number of nitrogens with one attached hydrogen (secondary N) is 2. The third kappa shape index (κ3) is 3.59. The third-order valence-electron chi connectivity index (χ3n) is 2.43. The van der Waals surface area contributed by atoms with Gasteiger partial charge >= 0.3 is 0 Å². The number of ether oxygens (including phenoxy) is 1. The summed E-state index contributed by atoms with van der Waals surface area (Å²) in [7, 11) is 1.61. The average molecular weight is 279 g/mol. The van der Waals surface area contributed by atoms with Crippen LogP contribution in [-0.4, -0.2) is 17.9 Å². The first kappa shape index (κ1) is 14.8. The molecule has 1 heterocycles. The van der Waals surface area contributed by atoms with Gasteiger partial charge < -0.3 is 15.8 Å². The van der Waals surface area contributed by atoms with E-state index in [0.717, 1.165) is 11.4 Å². The lowest BCUT2D eigenvalue weighted by Crippen LogP contribution is -2.14. The number of hydrogen-bond acceptors (Lipinski definition) is 4. The Balaban J connectivity index is 0.00000180. The number of amidine groups is 1. The largest absolute Gasteiger partial charge is 0.497 e. The van der Waals surface area contributed by atoms with Crippen LogP contribution in [0, 0.1) is 5.41 Å². The number of benzene rings is 1. The number of hydrogen-bond donors (Lipinski definition) is 3. The van der Waals surface area contributed by atoms with Gasteiger partial charge in [-0.1, -0.05) is 6.07 Å². The smallest absolute Gasteiger partial charge is 0.141 e. The molecule has 1 aromatic heterocycles. The second-order valence-corrected chi connectivity index (χ2v) is 3.67. The zero-order valence-corrected chi connectivity index (χ0v) is 11.2. The van der Waals surface area contributed by atoms with Crippen LogP contribution in [0.2, 0.25) is 0 Å². The van der Waals surface area contributed by atoms with Crippen LogP contribution >= 0.6 is 12.4 Å². The Morgan fingerprint density at radius 3 is 2.79 bits per heavy atom. The summed E-state index contributed by atoms with van der Waals surface area (Å²) in [6.07, 6.45) is 1.65. The van der Waals surface area contributed by atoms with Crippen LogP contribution in [0.1, 0.15) is 5.56 Å². The molecule has 0 spiro atoms. The van der Waals surface area contributed by atoms with Crippen molar-refractivity contribution in [2.24, 2.45) is 5.73 Å². The van der Waals surface area contributed by atoms with E-state index in [4.69, 9.17) is 15.9 Å². The number of pyridine rings is 1. The molecule has 6 heteroatoms. The van der Waals surface area contributed by atoms with E-state index in [1.165, 1.54) is 0 Å². The van der Waals surface area contributed by atoms with Crippen molar-refractivity contribution in [3.8, 4) is 5.75 Å². The zero-order chi connectivity index (χ0) is 13.0. The summed E-state index contributed by atoms with van der Waals surface area (Å²) in [5.74, 6) is 1.28. The lowest BCUT2D eigenvalue weighted by Gasteiger charge is -2.10. The average Bonchev–Trinajstić information content (AvgIpc) is 2.39. The van der Waals surface area contributed by atoms with E-state index in [9.17, 15) is 0 Å². The Bertz CT molecular complexity index is 574. The molecular formula is C13H15ClN4O. The van der Waals surface area contributed by atoms with Gasteiger partial charge in [0.1, 0.15) is 17.4 Å². The van der Waals surface area contributed by atoms with Crippen molar-refractivity contribution in [1.29, 1.82) is 5.41 Å². The lowest BCUT2D eigenvalue weighted by atomic mass is 10.2. The number of nitrogen functional groups attached to an aromatic ring is 1. The van der Waals surface area contributed by atoms with Crippen molar-refractivity contribution in [2.45, 2.75) is 0 Å². The molecule has 0 aliphatic heterocycles. The lowest BCUT2D eigenvalue weighted by molar-refractivity contribution is 0.415. The molecule has 0 saturated heterocycles. The molecule has 0 aliphatic rings. The first-order valence-electron chi connectivity index (χ1n) is 5.41. The number of rotatable bonds is 4. The summed E-state index contributed by atoms with van der Waals surface area (Å²) in [5, 5.41) is 10.6. The number of aromatic nitrogens is 1. The Morgan fingerprint density at radius 2 is 2.11 bits per heavy atom. The van der Waals surface area contributed by atoms with Crippen molar-refractivity contribution in [1.82, 2.24) is 4.98 Å². The van der Waals surface area contributed by atoms with E-state index < -0.39 is 0 Å². The van der Waals surface area contributed by atoms with E-state index >= 15 is 0 Å². The van der Waals surface area contributed by atoms with E-state index in [-0.39, 0.29) is 18.2 Å². The van der Waals surface area contributed by atoms with Gasteiger partial charge in [0.15, 0.2) is 0 Å². The summed E-state index contributed by atoms with van der Waals surface area (Å²) in [5.41, 5.74) is 6.90. The molecule has 4 N–H and O–H groups in total. The van der Waals surface area contributed by atoms with Crippen molar-refractivity contribution in [3.63, 3.8) is 0 Å². The highest BCUT2D eigenvalue weighted by molar-refractivity contribution is 5.99. The van der Waals surface area contributed by atoms with E-state index in [0.29, 0.717) is 11.4 Å². The molecule has 0 amide bonds. The predicted octanol–water partition coefficient (Wildman–Crippen LogP) is 2.54. The second kappa shape index (κ2) is 6.61. The van der Waals surface area contributed by atoms with Gasteiger partial charge in [-0.05, 0) is 24.3 Å². The molecule has 2 aromatic rings. The number of halogens is 1. The molecule has 0 aliphatic carbocycles. The summed E-state index contributed by atoms with van der Waals surface area (Å²) < 4.78 is 5.14. The number of anilines is 2. The van der Waals surface area contributed by atoms with Gasteiger partial charge in [-0.2, -0.15) is 0 Å². The van der Waals surface area contributed by atoms with Crippen LogP contribution in [0.4, 0.5) is 11.5 Å². The molecule has 0 radical (unpaired) electrons. The Morgan fingerprint density at radius 1 is 1.32 bits per heavy atom. The SMILES string of the molecule is COc1cccc(Nc2ncccc2C(=N)N)c1.Cl. The topological polar surface area (TPSA) is 84.0 Å². The highest BCUT2D eigenvalue weighted by atomic mass is 35.5. The summed E-state index contributed by atoms with van der Waals surface area (Å²) in [6, 6.07) is 11.0. The van der Waals surface area contributed by atoms with E-state index in [2.05, 4.69) is 10.3 Å². The highest BCUT2D eigenvalue weighted by Gasteiger charge is 2.06. The predicted molar refractivity (Wildman–Crippen MR) is 78.8 cm³/mol. The first-order chi connectivity index (χ1) is 8.70. The van der Waals surface area contributed by atoms with E-state index in [1.807, 2.05) is 24.3 Å². The molecule has 0 saturated carbocycles. The van der Waals surface area contributed by atoms with Crippen molar-refractivity contribution in [2.75, 3.05) is 12.4 Å². The minimum Gasteiger partial charge on any atom is -0.497 e. The second-order valence-electron chi connectivity index (χ2n) is 3.67. The molecule has 19 heavy (non-hydrogen) atoms. The van der Waals surface area contributed by atoms with Gasteiger partial charge in [0.2, 0.25) is 0 Å². The van der Waals surface area contributed by atoms with Gasteiger partial charge in [-0.15, -0.1) is 12.4 Å². The number of nitrogens with zero attached hydrogens (tertiary/aromatic N) is 1. The Labute approximate surface area is 117 Å². The van der Waals surface area contributed by atoms with Gasteiger partial charge in [-0.3, -0.25) is 5.41 Å². The standard InChI is InChI=1S/C13H14N4O.ClH/c1-18-10-5-2-4-9(8-10)17-13-11(12(14)15)6-3-7-16-13;/h2-8H,1H3,(H3,14,15)(H,16,17);1H. The summed E-state index contributed by atoms with van der Waals surface area (Å²) in [6.45, 7) is 0. The molecule has 0 unspecified atom stereocenters. The van der Waals surface area contributed by atoms with Crippen LogP contribution < -0.4 is 15.8 Å². The number of methoxy groups -OCH3 is 1. The molecule has 2 rings (SSSR count). The van der Waals surface area contributed by atoms with Crippen LogP contribution in [0.5, 0.6) is 5.75 Å². The Kier molecular flexibility index (Phi) is 5.14. The number of nitrogens with two attached hydrogens (primary N) is 1. The van der Waals surface area contributed by atoms with Crippen LogP contribution in [0.15, 0.2) is 42.6 Å². The summed E-state index contributed by atoms with van der Waals surface area (Å²) in [4.78, 5) is 4.18. The van der Waals surface area contributed by atoms with Crippen molar-refractivity contribution < 1.29 is 4.74 Å². The van der Waals surface area contributed by atoms with Crippen LogP contribution in [0.3, 0.4) is 0 Å². The van der Waals surface area contributed by atoms with Gasteiger partial charge in [0.05, 0.1) is 12.7 Å². The zero-order valence-electron chi connectivity index (χ0n) is 10.4. The van der Waals surface area contributed by atoms with Crippen molar-refractivity contribution >= 4 is 29.7 Å². The molecule has 5 nitrogen and oxygen atoms in total. The maximum atomic E-state index is 7.49. The van der Waals surface area contributed by atoms with Crippen LogP contribution in [-0.2, 0) is 0 Å². The highest BCUT2D eigenvalue weighted by Crippen LogP contribution is 2.21. The fraction of sp³-hybridized carbons (Fsp3) is 0.0769. The summed E-state index contributed by atoms with van der Waals surface area (Å²) >= 11 is 0. The normalized spacial score (nSPS) is 9.32. The minimum atomic E-state index is -0.0199. The molecule has 0 bridgehead atoms. The van der Waals surface area contributed by atoms with E-state index in [1.54, 1.807) is 25.4 Å². The maximum Gasteiger partial charge on any atom is 0.141 e. The fourth-order valence-electron chi connectivity index (χ4n) is 1.56. The van der Waals surface area contributed by atoms with Gasteiger partial charge in [0, 0.05) is 18.0 Å². The van der Waals surface area contributed by atoms with Gasteiger partial charge in [0.25, 0.3) is 0 Å². The quantitative estimate of drug-likeness (QED) is 0.593. The molecule has 1 aromatic carbocycles. The maximum absolute atomic E-state index is 7.49. The van der Waals surface area contributed by atoms with Gasteiger partial charge in [-0.25, -0.2) is 4.98 Å². The van der Waals surface area contributed by atoms with Crippen LogP contribution in [0.25, 0.3) is 0 Å². The molecule has 0 fully saturated rings. The first-order valence-corrected chi connectivity index (χ1v) is 5.41. The monoisotopic (exact) mass is 278 g/mol. The third-order valence-corrected chi connectivity index (χ3v) is 2.43.